The van der Waals surface area contributed by atoms with Crippen LogP contribution in [-0.2, 0) is 6.42 Å². The van der Waals surface area contributed by atoms with Crippen molar-refractivity contribution in [1.29, 1.82) is 0 Å². The van der Waals surface area contributed by atoms with E-state index in [2.05, 4.69) is 6.92 Å². The minimum Gasteiger partial charge on any atom is -0.493 e. The number of carbonyl (C=O) groups is 1. The number of methoxy groups -OCH3 is 1. The SMILES string of the molecule is CCc1ccc(Oc2cc(N)ccc2C(N)=O)c(OC)c1. The molecule has 2 aromatic carbocycles. The summed E-state index contributed by atoms with van der Waals surface area (Å²) in [6.07, 6.45) is 0.890. The Morgan fingerprint density at radius 2 is 1.86 bits per heavy atom. The number of primary amides is 1. The molecule has 0 aliphatic rings. The summed E-state index contributed by atoms with van der Waals surface area (Å²) in [6.45, 7) is 2.05. The van der Waals surface area contributed by atoms with E-state index >= 15 is 0 Å². The van der Waals surface area contributed by atoms with E-state index in [-0.39, 0.29) is 5.56 Å². The van der Waals surface area contributed by atoms with E-state index in [9.17, 15) is 4.79 Å². The molecule has 21 heavy (non-hydrogen) atoms. The number of hydrogen-bond acceptors (Lipinski definition) is 4. The first kappa shape index (κ1) is 14.7. The summed E-state index contributed by atoms with van der Waals surface area (Å²) < 4.78 is 11.1. The Bertz CT molecular complexity index is 669. The van der Waals surface area contributed by atoms with Gasteiger partial charge in [-0.05, 0) is 36.2 Å². The van der Waals surface area contributed by atoms with Crippen LogP contribution in [0.5, 0.6) is 17.2 Å². The van der Waals surface area contributed by atoms with Crippen LogP contribution >= 0.6 is 0 Å². The molecule has 0 bridgehead atoms. The van der Waals surface area contributed by atoms with Crippen molar-refractivity contribution >= 4 is 11.6 Å². The smallest absolute Gasteiger partial charge is 0.252 e. The molecule has 0 aliphatic heterocycles. The molecule has 0 aromatic heterocycles. The fourth-order valence-electron chi connectivity index (χ4n) is 1.96. The van der Waals surface area contributed by atoms with Gasteiger partial charge in [0, 0.05) is 11.8 Å². The van der Waals surface area contributed by atoms with Crippen LogP contribution in [0.2, 0.25) is 0 Å². The zero-order chi connectivity index (χ0) is 15.4. The van der Waals surface area contributed by atoms with Gasteiger partial charge in [0.25, 0.3) is 5.91 Å². The predicted octanol–water partition coefficient (Wildman–Crippen LogP) is 2.73. The number of rotatable bonds is 5. The van der Waals surface area contributed by atoms with Gasteiger partial charge in [-0.3, -0.25) is 4.79 Å². The normalized spacial score (nSPS) is 10.2. The summed E-state index contributed by atoms with van der Waals surface area (Å²) in [4.78, 5) is 11.4. The second-order valence-electron chi connectivity index (χ2n) is 4.56. The van der Waals surface area contributed by atoms with Crippen molar-refractivity contribution < 1.29 is 14.3 Å². The quantitative estimate of drug-likeness (QED) is 0.827. The first-order valence-electron chi connectivity index (χ1n) is 6.59. The highest BCUT2D eigenvalue weighted by atomic mass is 16.5. The first-order valence-corrected chi connectivity index (χ1v) is 6.59. The Morgan fingerprint density at radius 3 is 2.48 bits per heavy atom. The molecule has 110 valence electrons. The summed E-state index contributed by atoms with van der Waals surface area (Å²) in [5.41, 5.74) is 13.0. The van der Waals surface area contributed by atoms with E-state index < -0.39 is 5.91 Å². The summed E-state index contributed by atoms with van der Waals surface area (Å²) in [7, 11) is 1.57. The van der Waals surface area contributed by atoms with E-state index in [1.54, 1.807) is 31.4 Å². The molecular formula is C16H18N2O3. The van der Waals surface area contributed by atoms with Gasteiger partial charge in [-0.25, -0.2) is 0 Å². The molecule has 0 aliphatic carbocycles. The number of nitrogens with two attached hydrogens (primary N) is 2. The van der Waals surface area contributed by atoms with Crippen molar-refractivity contribution in [1.82, 2.24) is 0 Å². The van der Waals surface area contributed by atoms with Gasteiger partial charge in [-0.15, -0.1) is 0 Å². The summed E-state index contributed by atoms with van der Waals surface area (Å²) in [5, 5.41) is 0. The molecule has 5 heteroatoms. The molecule has 0 atom stereocenters. The molecule has 2 rings (SSSR count). The van der Waals surface area contributed by atoms with Crippen molar-refractivity contribution in [2.75, 3.05) is 12.8 Å². The monoisotopic (exact) mass is 286 g/mol. The Kier molecular flexibility index (Phi) is 4.33. The van der Waals surface area contributed by atoms with Crippen LogP contribution in [0.4, 0.5) is 5.69 Å². The third kappa shape index (κ3) is 3.25. The Labute approximate surface area is 123 Å². The Morgan fingerprint density at radius 1 is 1.10 bits per heavy atom. The van der Waals surface area contributed by atoms with Gasteiger partial charge in [0.05, 0.1) is 12.7 Å². The van der Waals surface area contributed by atoms with E-state index in [1.165, 1.54) is 0 Å². The standard InChI is InChI=1S/C16H18N2O3/c1-3-10-4-7-13(15(8-10)20-2)21-14-9-11(17)5-6-12(14)16(18)19/h4-9H,3,17H2,1-2H3,(H2,18,19). The Balaban J connectivity index is 2.42. The lowest BCUT2D eigenvalue weighted by Crippen LogP contribution is -2.12. The highest BCUT2D eigenvalue weighted by Crippen LogP contribution is 2.34. The molecule has 1 amide bonds. The second kappa shape index (κ2) is 6.17. The van der Waals surface area contributed by atoms with Crippen molar-refractivity contribution in [3.8, 4) is 17.2 Å². The maximum absolute atomic E-state index is 11.4. The van der Waals surface area contributed by atoms with Gasteiger partial charge in [-0.2, -0.15) is 0 Å². The van der Waals surface area contributed by atoms with Crippen LogP contribution < -0.4 is 20.9 Å². The van der Waals surface area contributed by atoms with E-state index in [1.807, 2.05) is 12.1 Å². The molecule has 4 N–H and O–H groups in total. The number of aryl methyl sites for hydroxylation is 1. The second-order valence-corrected chi connectivity index (χ2v) is 4.56. The zero-order valence-electron chi connectivity index (χ0n) is 12.1. The van der Waals surface area contributed by atoms with Gasteiger partial charge < -0.3 is 20.9 Å². The number of anilines is 1. The van der Waals surface area contributed by atoms with Crippen molar-refractivity contribution in [3.63, 3.8) is 0 Å². The van der Waals surface area contributed by atoms with Gasteiger partial charge >= 0.3 is 0 Å². The molecule has 0 spiro atoms. The molecular weight excluding hydrogens is 268 g/mol. The average Bonchev–Trinajstić information content (AvgIpc) is 2.47. The van der Waals surface area contributed by atoms with Gasteiger partial charge in [0.1, 0.15) is 5.75 Å². The minimum absolute atomic E-state index is 0.269. The highest BCUT2D eigenvalue weighted by molar-refractivity contribution is 5.96. The maximum Gasteiger partial charge on any atom is 0.252 e. The largest absolute Gasteiger partial charge is 0.493 e. The van der Waals surface area contributed by atoms with Gasteiger partial charge in [0.15, 0.2) is 11.5 Å². The summed E-state index contributed by atoms with van der Waals surface area (Å²) >= 11 is 0. The fourth-order valence-corrected chi connectivity index (χ4v) is 1.96. The number of amides is 1. The van der Waals surface area contributed by atoms with Gasteiger partial charge in [-0.1, -0.05) is 13.0 Å². The van der Waals surface area contributed by atoms with Crippen LogP contribution in [0.3, 0.4) is 0 Å². The van der Waals surface area contributed by atoms with E-state index in [0.717, 1.165) is 12.0 Å². The predicted molar refractivity (Wildman–Crippen MR) is 81.8 cm³/mol. The fraction of sp³-hybridized carbons (Fsp3) is 0.188. The van der Waals surface area contributed by atoms with E-state index in [4.69, 9.17) is 20.9 Å². The number of ether oxygens (including phenoxy) is 2. The van der Waals surface area contributed by atoms with Crippen LogP contribution in [0.15, 0.2) is 36.4 Å². The van der Waals surface area contributed by atoms with Crippen molar-refractivity contribution in [2.45, 2.75) is 13.3 Å². The Hall–Kier alpha value is -2.69. The lowest BCUT2D eigenvalue weighted by Gasteiger charge is -2.13. The van der Waals surface area contributed by atoms with E-state index in [0.29, 0.717) is 22.9 Å². The maximum atomic E-state index is 11.4. The molecule has 5 nitrogen and oxygen atoms in total. The lowest BCUT2D eigenvalue weighted by molar-refractivity contribution is 0.0998. The molecule has 0 fully saturated rings. The molecule has 0 heterocycles. The van der Waals surface area contributed by atoms with Crippen LogP contribution in [0.25, 0.3) is 0 Å². The van der Waals surface area contributed by atoms with Crippen molar-refractivity contribution in [3.05, 3.63) is 47.5 Å². The molecule has 2 aromatic rings. The number of hydrogen-bond donors (Lipinski definition) is 2. The summed E-state index contributed by atoms with van der Waals surface area (Å²) in [6, 6.07) is 10.3. The molecule has 0 saturated heterocycles. The third-order valence-electron chi connectivity index (χ3n) is 3.13. The highest BCUT2D eigenvalue weighted by Gasteiger charge is 2.13. The topological polar surface area (TPSA) is 87.6 Å². The number of benzene rings is 2. The first-order chi connectivity index (χ1) is 10.0. The minimum atomic E-state index is -0.575. The summed E-state index contributed by atoms with van der Waals surface area (Å²) in [5.74, 6) is 0.828. The zero-order valence-corrected chi connectivity index (χ0v) is 12.1. The van der Waals surface area contributed by atoms with Crippen LogP contribution in [0.1, 0.15) is 22.8 Å². The van der Waals surface area contributed by atoms with Gasteiger partial charge in [0.2, 0.25) is 0 Å². The molecule has 0 radical (unpaired) electrons. The molecule has 0 unspecified atom stereocenters. The number of carbonyl (C=O) groups excluding carboxylic acids is 1. The molecule has 0 saturated carbocycles. The third-order valence-corrected chi connectivity index (χ3v) is 3.13. The van der Waals surface area contributed by atoms with Crippen LogP contribution in [-0.4, -0.2) is 13.0 Å². The van der Waals surface area contributed by atoms with Crippen LogP contribution in [0, 0.1) is 0 Å². The van der Waals surface area contributed by atoms with Crippen molar-refractivity contribution in [2.24, 2.45) is 5.73 Å². The average molecular weight is 286 g/mol. The lowest BCUT2D eigenvalue weighted by atomic mass is 10.1. The number of nitrogen functional groups attached to an aromatic ring is 1.